The number of ether oxygens (including phenoxy) is 1. The first-order valence-electron chi connectivity index (χ1n) is 8.96. The summed E-state index contributed by atoms with van der Waals surface area (Å²) in [6.45, 7) is 3.47. The molecule has 0 unspecified atom stereocenters. The number of nitrogens with zero attached hydrogens (tertiary/aromatic N) is 3. The lowest BCUT2D eigenvalue weighted by atomic mass is 10.1. The Hall–Kier alpha value is -1.95. The van der Waals surface area contributed by atoms with Gasteiger partial charge >= 0.3 is 0 Å². The highest BCUT2D eigenvalue weighted by atomic mass is 35.5. The molecule has 2 aromatic rings. The molecule has 1 aromatic heterocycles. The number of carbonyl (C=O) groups is 1. The molecule has 0 saturated carbocycles. The molecule has 26 heavy (non-hydrogen) atoms. The summed E-state index contributed by atoms with van der Waals surface area (Å²) in [7, 11) is 0. The van der Waals surface area contributed by atoms with Gasteiger partial charge in [0, 0.05) is 38.6 Å². The number of fused-ring (bicyclic) bond motifs is 1. The van der Waals surface area contributed by atoms with Crippen LogP contribution in [0, 0.1) is 0 Å². The Bertz CT molecular complexity index is 771. The molecule has 1 amide bonds. The van der Waals surface area contributed by atoms with Gasteiger partial charge in [-0.2, -0.15) is 0 Å². The second-order valence-corrected chi connectivity index (χ2v) is 7.30. The third-order valence-corrected chi connectivity index (χ3v) is 5.47. The lowest BCUT2D eigenvalue weighted by Gasteiger charge is -2.30. The Morgan fingerprint density at radius 3 is 2.81 bits per heavy atom. The number of halogens is 1. The molecule has 4 rings (SSSR count). The smallest absolute Gasteiger partial charge is 0.225 e. The Balaban J connectivity index is 1.51. The summed E-state index contributed by atoms with van der Waals surface area (Å²) in [6, 6.07) is 12.2. The van der Waals surface area contributed by atoms with E-state index in [-0.39, 0.29) is 18.1 Å². The lowest BCUT2D eigenvalue weighted by Crippen LogP contribution is -2.45. The van der Waals surface area contributed by atoms with Crippen molar-refractivity contribution < 1.29 is 9.53 Å². The highest BCUT2D eigenvalue weighted by Gasteiger charge is 2.41. The Labute approximate surface area is 158 Å². The molecule has 0 radical (unpaired) electrons. The van der Waals surface area contributed by atoms with Crippen LogP contribution in [-0.4, -0.2) is 52.5 Å². The van der Waals surface area contributed by atoms with Crippen LogP contribution in [0.4, 0.5) is 0 Å². The van der Waals surface area contributed by atoms with Crippen molar-refractivity contribution in [1.82, 2.24) is 14.8 Å². The van der Waals surface area contributed by atoms with Gasteiger partial charge in [0.05, 0.1) is 30.2 Å². The standard InChI is InChI=1S/C20H22ClN3O2/c21-17-10-22-8-6-16(17)12-23-13-18-19(14-23)26-9-7-20(25)24(18)11-15-4-2-1-3-5-15/h1-6,8,10,18-19H,7,9,11-14H2/t18-,19-/m0/s1. The molecule has 0 bridgehead atoms. The number of pyridine rings is 1. The van der Waals surface area contributed by atoms with E-state index in [0.29, 0.717) is 24.6 Å². The van der Waals surface area contributed by atoms with Gasteiger partial charge in [-0.15, -0.1) is 0 Å². The highest BCUT2D eigenvalue weighted by Crippen LogP contribution is 2.27. The SMILES string of the molecule is O=C1CCO[C@H]2CN(Cc3ccncc3Cl)C[C@@H]2N1Cc1ccccc1. The van der Waals surface area contributed by atoms with Crippen LogP contribution in [0.3, 0.4) is 0 Å². The summed E-state index contributed by atoms with van der Waals surface area (Å²) in [5.41, 5.74) is 2.20. The van der Waals surface area contributed by atoms with Crippen LogP contribution in [0.2, 0.25) is 5.02 Å². The van der Waals surface area contributed by atoms with Crippen LogP contribution in [0.15, 0.2) is 48.8 Å². The third-order valence-electron chi connectivity index (χ3n) is 5.13. The molecule has 0 spiro atoms. The minimum absolute atomic E-state index is 0.0470. The van der Waals surface area contributed by atoms with Crippen molar-refractivity contribution in [1.29, 1.82) is 0 Å². The van der Waals surface area contributed by atoms with Crippen molar-refractivity contribution in [3.05, 3.63) is 64.9 Å². The van der Waals surface area contributed by atoms with Gasteiger partial charge in [0.1, 0.15) is 0 Å². The van der Waals surface area contributed by atoms with Gasteiger partial charge in [-0.1, -0.05) is 41.9 Å². The van der Waals surface area contributed by atoms with Gasteiger partial charge in [0.15, 0.2) is 0 Å². The van der Waals surface area contributed by atoms with Gasteiger partial charge in [-0.25, -0.2) is 0 Å². The number of hydrogen-bond donors (Lipinski definition) is 0. The molecule has 2 fully saturated rings. The largest absolute Gasteiger partial charge is 0.374 e. The predicted octanol–water partition coefficient (Wildman–Crippen LogP) is 2.74. The molecule has 2 saturated heterocycles. The quantitative estimate of drug-likeness (QED) is 0.829. The molecule has 1 aromatic carbocycles. The van der Waals surface area contributed by atoms with Gasteiger partial charge in [-0.3, -0.25) is 14.7 Å². The summed E-state index contributed by atoms with van der Waals surface area (Å²) in [5, 5.41) is 0.678. The maximum Gasteiger partial charge on any atom is 0.225 e. The summed E-state index contributed by atoms with van der Waals surface area (Å²) < 4.78 is 6.01. The van der Waals surface area contributed by atoms with Crippen molar-refractivity contribution in [3.8, 4) is 0 Å². The van der Waals surface area contributed by atoms with E-state index in [9.17, 15) is 4.79 Å². The van der Waals surface area contributed by atoms with Crippen molar-refractivity contribution >= 4 is 17.5 Å². The first-order valence-corrected chi connectivity index (χ1v) is 9.34. The molecule has 6 heteroatoms. The average molecular weight is 372 g/mol. The molecule has 2 aliphatic rings. The zero-order valence-corrected chi connectivity index (χ0v) is 15.3. The van der Waals surface area contributed by atoms with Gasteiger partial charge in [0.25, 0.3) is 0 Å². The predicted molar refractivity (Wildman–Crippen MR) is 99.7 cm³/mol. The van der Waals surface area contributed by atoms with Crippen LogP contribution < -0.4 is 0 Å². The van der Waals surface area contributed by atoms with E-state index < -0.39 is 0 Å². The summed E-state index contributed by atoms with van der Waals surface area (Å²) >= 11 is 6.26. The van der Waals surface area contributed by atoms with Crippen LogP contribution in [0.5, 0.6) is 0 Å². The van der Waals surface area contributed by atoms with Crippen molar-refractivity contribution in [2.24, 2.45) is 0 Å². The number of likely N-dealkylation sites (tertiary alicyclic amines) is 1. The van der Waals surface area contributed by atoms with Crippen molar-refractivity contribution in [2.75, 3.05) is 19.7 Å². The van der Waals surface area contributed by atoms with E-state index >= 15 is 0 Å². The maximum atomic E-state index is 12.7. The fraction of sp³-hybridized carbons (Fsp3) is 0.400. The van der Waals surface area contributed by atoms with E-state index in [1.54, 1.807) is 12.4 Å². The molecule has 136 valence electrons. The number of amides is 1. The number of benzene rings is 1. The third kappa shape index (κ3) is 3.75. The molecule has 2 aliphatic heterocycles. The zero-order chi connectivity index (χ0) is 17.9. The van der Waals surface area contributed by atoms with E-state index in [1.807, 2.05) is 29.2 Å². The molecular formula is C20H22ClN3O2. The van der Waals surface area contributed by atoms with Crippen LogP contribution in [0.25, 0.3) is 0 Å². The minimum Gasteiger partial charge on any atom is -0.374 e. The molecule has 5 nitrogen and oxygen atoms in total. The van der Waals surface area contributed by atoms with E-state index in [1.165, 1.54) is 0 Å². The Kier molecular flexibility index (Phi) is 5.20. The van der Waals surface area contributed by atoms with Gasteiger partial charge in [-0.05, 0) is 17.2 Å². The molecule has 3 heterocycles. The molecule has 0 aliphatic carbocycles. The lowest BCUT2D eigenvalue weighted by molar-refractivity contribution is -0.133. The molecular weight excluding hydrogens is 350 g/mol. The summed E-state index contributed by atoms with van der Waals surface area (Å²) in [5.74, 6) is 0.171. The van der Waals surface area contributed by atoms with E-state index in [4.69, 9.17) is 16.3 Å². The normalized spacial score (nSPS) is 23.7. The minimum atomic E-state index is 0.0470. The molecule has 0 N–H and O–H groups in total. The highest BCUT2D eigenvalue weighted by molar-refractivity contribution is 6.31. The first-order chi connectivity index (χ1) is 12.7. The number of hydrogen-bond acceptors (Lipinski definition) is 4. The van der Waals surface area contributed by atoms with Gasteiger partial charge in [0.2, 0.25) is 5.91 Å². The fourth-order valence-corrected chi connectivity index (χ4v) is 3.99. The van der Waals surface area contributed by atoms with Crippen LogP contribution in [0.1, 0.15) is 17.5 Å². The number of aromatic nitrogens is 1. The summed E-state index contributed by atoms with van der Waals surface area (Å²) in [4.78, 5) is 21.0. The average Bonchev–Trinajstić information content (AvgIpc) is 2.98. The Morgan fingerprint density at radius 1 is 1.15 bits per heavy atom. The van der Waals surface area contributed by atoms with Crippen molar-refractivity contribution in [2.45, 2.75) is 31.7 Å². The first kappa shape index (κ1) is 17.5. The topological polar surface area (TPSA) is 45.7 Å². The fourth-order valence-electron chi connectivity index (χ4n) is 3.81. The second kappa shape index (κ2) is 7.74. The monoisotopic (exact) mass is 371 g/mol. The van der Waals surface area contributed by atoms with Crippen LogP contribution in [-0.2, 0) is 22.6 Å². The van der Waals surface area contributed by atoms with Crippen LogP contribution >= 0.6 is 11.6 Å². The molecule has 2 atom stereocenters. The maximum absolute atomic E-state index is 12.7. The van der Waals surface area contributed by atoms with Crippen molar-refractivity contribution in [3.63, 3.8) is 0 Å². The zero-order valence-electron chi connectivity index (χ0n) is 14.6. The second-order valence-electron chi connectivity index (χ2n) is 6.89. The van der Waals surface area contributed by atoms with E-state index in [2.05, 4.69) is 22.0 Å². The number of rotatable bonds is 4. The Morgan fingerprint density at radius 2 is 2.00 bits per heavy atom. The van der Waals surface area contributed by atoms with E-state index in [0.717, 1.165) is 30.8 Å². The van der Waals surface area contributed by atoms with Gasteiger partial charge < -0.3 is 9.64 Å². The number of carbonyl (C=O) groups excluding carboxylic acids is 1. The summed E-state index contributed by atoms with van der Waals surface area (Å²) in [6.07, 6.45) is 3.94.